The van der Waals surface area contributed by atoms with E-state index in [1.807, 2.05) is 59.8 Å². The monoisotopic (exact) mass is 312 g/mol. The quantitative estimate of drug-likeness (QED) is 0.933. The highest BCUT2D eigenvalue weighted by molar-refractivity contribution is 7.13. The van der Waals surface area contributed by atoms with Gasteiger partial charge in [-0.05, 0) is 12.5 Å². The Morgan fingerprint density at radius 2 is 2.14 bits per heavy atom. The molecule has 0 radical (unpaired) electrons. The van der Waals surface area contributed by atoms with Crippen LogP contribution in [0.5, 0.6) is 0 Å². The molecule has 2 aromatic rings. The molecule has 1 aromatic carbocycles. The maximum atomic E-state index is 11.0. The van der Waals surface area contributed by atoms with Gasteiger partial charge < -0.3 is 10.0 Å². The van der Waals surface area contributed by atoms with Crippen LogP contribution < -0.4 is 4.90 Å². The molecular weight excluding hydrogens is 296 g/mol. The lowest BCUT2D eigenvalue weighted by molar-refractivity contribution is -0.139. The van der Waals surface area contributed by atoms with Gasteiger partial charge in [0.1, 0.15) is 10.8 Å². The summed E-state index contributed by atoms with van der Waals surface area (Å²) in [7, 11) is 1.95. The van der Waals surface area contributed by atoms with E-state index in [4.69, 9.17) is 5.11 Å². The molecule has 0 fully saturated rings. The average molecular weight is 312 g/mol. The maximum absolute atomic E-state index is 11.0. The number of hydrogen-bond donors (Lipinski definition) is 1. The minimum absolute atomic E-state index is 0.424. The highest BCUT2D eigenvalue weighted by atomic mass is 32.1. The van der Waals surface area contributed by atoms with Gasteiger partial charge in [0.05, 0.1) is 5.92 Å². The Hall–Kier alpha value is -2.40. The van der Waals surface area contributed by atoms with Crippen LogP contribution in [-0.4, -0.2) is 23.1 Å². The second-order valence-corrected chi connectivity index (χ2v) is 5.96. The number of anilines is 1. The minimum Gasteiger partial charge on any atom is -0.481 e. The molecule has 0 aliphatic heterocycles. The van der Waals surface area contributed by atoms with E-state index in [2.05, 4.69) is 4.98 Å². The van der Waals surface area contributed by atoms with E-state index in [1.165, 1.54) is 0 Å². The van der Waals surface area contributed by atoms with E-state index in [0.717, 1.165) is 22.1 Å². The topological polar surface area (TPSA) is 53.4 Å². The van der Waals surface area contributed by atoms with E-state index in [0.29, 0.717) is 6.42 Å². The molecule has 1 aliphatic rings. The Kier molecular flexibility index (Phi) is 4.06. The van der Waals surface area contributed by atoms with Crippen LogP contribution in [0.25, 0.3) is 10.6 Å². The smallest absolute Gasteiger partial charge is 0.310 e. The van der Waals surface area contributed by atoms with Gasteiger partial charge in [0.2, 0.25) is 0 Å². The Balaban J connectivity index is 1.77. The predicted octanol–water partition coefficient (Wildman–Crippen LogP) is 3.79. The summed E-state index contributed by atoms with van der Waals surface area (Å²) in [5.41, 5.74) is 2.08. The molecule has 3 rings (SSSR count). The van der Waals surface area contributed by atoms with Crippen molar-refractivity contribution in [3.8, 4) is 10.6 Å². The van der Waals surface area contributed by atoms with Crippen LogP contribution in [-0.2, 0) is 4.79 Å². The van der Waals surface area contributed by atoms with Gasteiger partial charge in [-0.1, -0.05) is 42.5 Å². The summed E-state index contributed by atoms with van der Waals surface area (Å²) in [4.78, 5) is 17.6. The van der Waals surface area contributed by atoms with Crippen LogP contribution in [0, 0.1) is 5.92 Å². The molecule has 1 unspecified atom stereocenters. The number of thiazole rings is 1. The van der Waals surface area contributed by atoms with Gasteiger partial charge >= 0.3 is 5.97 Å². The summed E-state index contributed by atoms with van der Waals surface area (Å²) in [6.07, 6.45) is 6.05. The second-order valence-electron chi connectivity index (χ2n) is 5.10. The van der Waals surface area contributed by atoms with Gasteiger partial charge in [-0.15, -0.1) is 11.3 Å². The third-order valence-corrected chi connectivity index (χ3v) is 4.52. The number of allylic oxidation sites excluding steroid dienone is 2. The van der Waals surface area contributed by atoms with Gasteiger partial charge in [-0.3, -0.25) is 4.79 Å². The molecule has 0 bridgehead atoms. The molecule has 1 heterocycles. The molecule has 0 saturated carbocycles. The zero-order chi connectivity index (χ0) is 15.5. The predicted molar refractivity (Wildman–Crippen MR) is 88.9 cm³/mol. The van der Waals surface area contributed by atoms with Gasteiger partial charge in [-0.2, -0.15) is 0 Å². The Morgan fingerprint density at radius 1 is 1.36 bits per heavy atom. The van der Waals surface area contributed by atoms with Crippen molar-refractivity contribution < 1.29 is 9.90 Å². The Labute approximate surface area is 133 Å². The lowest BCUT2D eigenvalue weighted by Crippen LogP contribution is -2.20. The first-order valence-corrected chi connectivity index (χ1v) is 7.89. The Bertz CT molecular complexity index is 734. The molecule has 1 N–H and O–H groups in total. The molecule has 4 nitrogen and oxygen atoms in total. The van der Waals surface area contributed by atoms with Crippen LogP contribution in [0.15, 0.2) is 59.6 Å². The van der Waals surface area contributed by atoms with E-state index < -0.39 is 11.9 Å². The van der Waals surface area contributed by atoms with Crippen molar-refractivity contribution in [2.45, 2.75) is 6.42 Å². The molecular formula is C17H16N2O2S. The third kappa shape index (κ3) is 2.94. The number of carboxylic acid groups (broad SMARTS) is 1. The number of hydrogen-bond acceptors (Lipinski definition) is 4. The largest absolute Gasteiger partial charge is 0.481 e. The molecule has 0 spiro atoms. The first-order valence-electron chi connectivity index (χ1n) is 7.01. The second kappa shape index (κ2) is 6.15. The summed E-state index contributed by atoms with van der Waals surface area (Å²) in [6.45, 7) is 0. The fourth-order valence-corrected chi connectivity index (χ4v) is 3.15. The maximum Gasteiger partial charge on any atom is 0.310 e. The van der Waals surface area contributed by atoms with Crippen molar-refractivity contribution in [2.75, 3.05) is 11.9 Å². The van der Waals surface area contributed by atoms with Crippen molar-refractivity contribution in [3.05, 3.63) is 59.6 Å². The molecule has 0 saturated heterocycles. The summed E-state index contributed by atoms with van der Waals surface area (Å²) in [5, 5.41) is 12.0. The SMILES string of the molecule is CN(C1=CCC(C(=O)O)C=C1)c1csc(-c2ccccc2)n1. The standard InChI is InChI=1S/C17H16N2O2S/c1-19(14-9-7-13(8-10-14)17(20)21)15-11-22-16(18-15)12-5-3-2-4-6-12/h2-7,9-11,13H,8H2,1H3,(H,20,21). The number of likely N-dealkylation sites (N-methyl/N-ethyl adjacent to an activating group) is 1. The van der Waals surface area contributed by atoms with Crippen molar-refractivity contribution in [1.82, 2.24) is 4.98 Å². The Morgan fingerprint density at radius 3 is 2.77 bits per heavy atom. The summed E-state index contributed by atoms with van der Waals surface area (Å²) in [5.74, 6) is -0.338. The third-order valence-electron chi connectivity index (χ3n) is 3.64. The summed E-state index contributed by atoms with van der Waals surface area (Å²) < 4.78 is 0. The lowest BCUT2D eigenvalue weighted by atomic mass is 9.99. The molecule has 1 aromatic heterocycles. The lowest BCUT2D eigenvalue weighted by Gasteiger charge is -2.21. The molecule has 22 heavy (non-hydrogen) atoms. The van der Waals surface area contributed by atoms with E-state index in [-0.39, 0.29) is 0 Å². The van der Waals surface area contributed by atoms with Gasteiger partial charge in [0.15, 0.2) is 0 Å². The first-order chi connectivity index (χ1) is 10.6. The summed E-state index contributed by atoms with van der Waals surface area (Å²) in [6, 6.07) is 10.1. The van der Waals surface area contributed by atoms with Crippen molar-refractivity contribution in [2.24, 2.45) is 5.92 Å². The van der Waals surface area contributed by atoms with Crippen LogP contribution in [0.2, 0.25) is 0 Å². The number of carboxylic acids is 1. The highest BCUT2D eigenvalue weighted by Crippen LogP contribution is 2.29. The number of rotatable bonds is 4. The first kappa shape index (κ1) is 14.5. The van der Waals surface area contributed by atoms with Crippen molar-refractivity contribution in [1.29, 1.82) is 0 Å². The number of aromatic nitrogens is 1. The zero-order valence-electron chi connectivity index (χ0n) is 12.1. The van der Waals surface area contributed by atoms with Crippen LogP contribution >= 0.6 is 11.3 Å². The highest BCUT2D eigenvalue weighted by Gasteiger charge is 2.18. The van der Waals surface area contributed by atoms with Crippen molar-refractivity contribution >= 4 is 23.1 Å². The molecule has 0 amide bonds. The normalized spacial score (nSPS) is 17.1. The van der Waals surface area contributed by atoms with Crippen LogP contribution in [0.1, 0.15) is 6.42 Å². The minimum atomic E-state index is -0.783. The van der Waals surface area contributed by atoms with E-state index in [1.54, 1.807) is 17.4 Å². The molecule has 1 aliphatic carbocycles. The molecule has 5 heteroatoms. The summed E-state index contributed by atoms with van der Waals surface area (Å²) >= 11 is 1.60. The fraction of sp³-hybridized carbons (Fsp3) is 0.176. The molecule has 112 valence electrons. The van der Waals surface area contributed by atoms with Crippen molar-refractivity contribution in [3.63, 3.8) is 0 Å². The average Bonchev–Trinajstić information content (AvgIpc) is 3.05. The van der Waals surface area contributed by atoms with Crippen LogP contribution in [0.3, 0.4) is 0 Å². The number of benzene rings is 1. The van der Waals surface area contributed by atoms with Gasteiger partial charge in [0.25, 0.3) is 0 Å². The number of aliphatic carboxylic acids is 1. The molecule has 1 atom stereocenters. The number of nitrogens with zero attached hydrogens (tertiary/aromatic N) is 2. The number of carbonyl (C=O) groups is 1. The van der Waals surface area contributed by atoms with Gasteiger partial charge in [-0.25, -0.2) is 4.98 Å². The fourth-order valence-electron chi connectivity index (χ4n) is 2.31. The zero-order valence-corrected chi connectivity index (χ0v) is 13.0. The van der Waals surface area contributed by atoms with Crippen LogP contribution in [0.4, 0.5) is 5.82 Å². The van der Waals surface area contributed by atoms with E-state index in [9.17, 15) is 4.79 Å². The van der Waals surface area contributed by atoms with E-state index >= 15 is 0 Å². The van der Waals surface area contributed by atoms with Gasteiger partial charge in [0, 0.05) is 23.7 Å².